The monoisotopic (exact) mass is 171 g/mol. The van der Waals surface area contributed by atoms with Crippen molar-refractivity contribution in [3.63, 3.8) is 0 Å². The van der Waals surface area contributed by atoms with Gasteiger partial charge in [0.25, 0.3) is 0 Å². The second kappa shape index (κ2) is 4.01. The zero-order chi connectivity index (χ0) is 9.03. The topological polar surface area (TPSA) is 52.3 Å². The first-order valence-corrected chi connectivity index (χ1v) is 4.50. The average Bonchev–Trinajstić information content (AvgIpc) is 2.06. The van der Waals surface area contributed by atoms with Crippen LogP contribution in [0.5, 0.6) is 0 Å². The quantitative estimate of drug-likeness (QED) is 0.680. The van der Waals surface area contributed by atoms with Gasteiger partial charge in [0.15, 0.2) is 0 Å². The number of ether oxygens (including phenoxy) is 1. The number of nitrogens with two attached hydrogens (primary N) is 1. The van der Waals surface area contributed by atoms with Crippen LogP contribution in [0.3, 0.4) is 0 Å². The summed E-state index contributed by atoms with van der Waals surface area (Å²) in [7, 11) is 0. The van der Waals surface area contributed by atoms with Crippen LogP contribution in [0.15, 0.2) is 0 Å². The third kappa shape index (κ3) is 2.05. The third-order valence-electron chi connectivity index (χ3n) is 2.64. The Balaban J connectivity index is 2.50. The molecule has 1 fully saturated rings. The minimum atomic E-state index is -0.155. The molecule has 1 aliphatic heterocycles. The summed E-state index contributed by atoms with van der Waals surface area (Å²) < 4.78 is 5.21. The number of carbonyl (C=O) groups is 1. The molecule has 1 heterocycles. The summed E-state index contributed by atoms with van der Waals surface area (Å²) in [5.41, 5.74) is 5.19. The van der Waals surface area contributed by atoms with E-state index in [0.29, 0.717) is 32.0 Å². The molecule has 1 aliphatic rings. The molecule has 0 saturated carbocycles. The van der Waals surface area contributed by atoms with Gasteiger partial charge >= 0.3 is 0 Å². The first-order chi connectivity index (χ1) is 5.69. The van der Waals surface area contributed by atoms with Crippen LogP contribution in [0, 0.1) is 5.41 Å². The molecule has 3 nitrogen and oxygen atoms in total. The maximum atomic E-state index is 11.6. The Bertz CT molecular complexity index is 162. The molecule has 2 N–H and O–H groups in total. The van der Waals surface area contributed by atoms with Crippen LogP contribution >= 0.6 is 0 Å². The fraction of sp³-hybridized carbons (Fsp3) is 0.889. The highest BCUT2D eigenvalue weighted by Crippen LogP contribution is 2.31. The maximum absolute atomic E-state index is 11.6. The highest BCUT2D eigenvalue weighted by atomic mass is 16.5. The first-order valence-electron chi connectivity index (χ1n) is 4.50. The Hall–Kier alpha value is -0.410. The molecule has 12 heavy (non-hydrogen) atoms. The Kier molecular flexibility index (Phi) is 3.23. The molecule has 0 bridgehead atoms. The SMILES string of the molecule is CC1(C(=O)CCN)CCOCC1. The van der Waals surface area contributed by atoms with Crippen LogP contribution in [0.4, 0.5) is 0 Å². The van der Waals surface area contributed by atoms with Crippen molar-refractivity contribution in [2.45, 2.75) is 26.2 Å². The van der Waals surface area contributed by atoms with Crippen LogP contribution in [0.1, 0.15) is 26.2 Å². The molecule has 1 saturated heterocycles. The Morgan fingerprint density at radius 2 is 2.08 bits per heavy atom. The summed E-state index contributed by atoms with van der Waals surface area (Å²) in [6.07, 6.45) is 2.22. The van der Waals surface area contributed by atoms with Gasteiger partial charge in [-0.1, -0.05) is 6.92 Å². The molecule has 0 radical (unpaired) electrons. The zero-order valence-electron chi connectivity index (χ0n) is 7.64. The van der Waals surface area contributed by atoms with E-state index in [2.05, 4.69) is 0 Å². The largest absolute Gasteiger partial charge is 0.381 e. The molecule has 0 unspecified atom stereocenters. The van der Waals surface area contributed by atoms with Gasteiger partial charge in [0.2, 0.25) is 0 Å². The fourth-order valence-electron chi connectivity index (χ4n) is 1.53. The van der Waals surface area contributed by atoms with E-state index in [9.17, 15) is 4.79 Å². The second-order valence-corrected chi connectivity index (χ2v) is 3.63. The number of hydrogen-bond acceptors (Lipinski definition) is 3. The average molecular weight is 171 g/mol. The predicted molar refractivity (Wildman–Crippen MR) is 46.8 cm³/mol. The molecule has 0 aromatic carbocycles. The summed E-state index contributed by atoms with van der Waals surface area (Å²) in [6.45, 7) is 3.92. The molecule has 0 amide bonds. The van der Waals surface area contributed by atoms with E-state index in [0.717, 1.165) is 12.8 Å². The number of ketones is 1. The minimum absolute atomic E-state index is 0.155. The van der Waals surface area contributed by atoms with Crippen LogP contribution in [0.25, 0.3) is 0 Å². The van der Waals surface area contributed by atoms with Gasteiger partial charge in [0.05, 0.1) is 0 Å². The summed E-state index contributed by atoms with van der Waals surface area (Å²) in [6, 6.07) is 0. The van der Waals surface area contributed by atoms with Crippen molar-refractivity contribution in [2.24, 2.45) is 11.1 Å². The molecule has 0 aliphatic carbocycles. The van der Waals surface area contributed by atoms with Crippen molar-refractivity contribution < 1.29 is 9.53 Å². The Morgan fingerprint density at radius 3 is 2.58 bits per heavy atom. The number of rotatable bonds is 3. The lowest BCUT2D eigenvalue weighted by atomic mass is 9.77. The van der Waals surface area contributed by atoms with E-state index in [1.807, 2.05) is 6.92 Å². The van der Waals surface area contributed by atoms with Crippen molar-refractivity contribution >= 4 is 5.78 Å². The van der Waals surface area contributed by atoms with Crippen molar-refractivity contribution in [3.05, 3.63) is 0 Å². The highest BCUT2D eigenvalue weighted by Gasteiger charge is 2.33. The predicted octanol–water partition coefficient (Wildman–Crippen LogP) is 0.721. The lowest BCUT2D eigenvalue weighted by Crippen LogP contribution is -2.35. The Labute approximate surface area is 73.3 Å². The van der Waals surface area contributed by atoms with Gasteiger partial charge in [-0.3, -0.25) is 4.79 Å². The van der Waals surface area contributed by atoms with E-state index in [-0.39, 0.29) is 5.41 Å². The lowest BCUT2D eigenvalue weighted by molar-refractivity contribution is -0.132. The van der Waals surface area contributed by atoms with Gasteiger partial charge in [-0.2, -0.15) is 0 Å². The normalized spacial score (nSPS) is 22.2. The molecular formula is C9H17NO2. The van der Waals surface area contributed by atoms with E-state index < -0.39 is 0 Å². The number of carbonyl (C=O) groups excluding carboxylic acids is 1. The van der Waals surface area contributed by atoms with Crippen LogP contribution in [-0.2, 0) is 9.53 Å². The summed E-state index contributed by atoms with van der Waals surface area (Å²) >= 11 is 0. The number of hydrogen-bond donors (Lipinski definition) is 1. The Morgan fingerprint density at radius 1 is 1.50 bits per heavy atom. The van der Waals surface area contributed by atoms with Gasteiger partial charge in [-0.15, -0.1) is 0 Å². The molecular weight excluding hydrogens is 154 g/mol. The van der Waals surface area contributed by atoms with Crippen molar-refractivity contribution in [1.82, 2.24) is 0 Å². The molecule has 0 spiro atoms. The summed E-state index contributed by atoms with van der Waals surface area (Å²) in [5.74, 6) is 0.299. The molecule has 1 rings (SSSR count). The van der Waals surface area contributed by atoms with Crippen LogP contribution in [0.2, 0.25) is 0 Å². The third-order valence-corrected chi connectivity index (χ3v) is 2.64. The number of Topliss-reactive ketones (excluding diaryl/α,β-unsaturated/α-hetero) is 1. The van der Waals surface area contributed by atoms with Gasteiger partial charge in [0, 0.05) is 25.0 Å². The van der Waals surface area contributed by atoms with Crippen molar-refractivity contribution in [2.75, 3.05) is 19.8 Å². The van der Waals surface area contributed by atoms with Gasteiger partial charge in [-0.05, 0) is 19.4 Å². The molecule has 3 heteroatoms. The van der Waals surface area contributed by atoms with E-state index in [1.54, 1.807) is 0 Å². The van der Waals surface area contributed by atoms with Crippen molar-refractivity contribution in [3.8, 4) is 0 Å². The molecule has 70 valence electrons. The first kappa shape index (κ1) is 9.68. The summed E-state index contributed by atoms with van der Waals surface area (Å²) in [5, 5.41) is 0. The van der Waals surface area contributed by atoms with E-state index in [1.165, 1.54) is 0 Å². The molecule has 0 atom stereocenters. The molecule has 0 aromatic heterocycles. The standard InChI is InChI=1S/C9H17NO2/c1-9(8(11)2-5-10)3-6-12-7-4-9/h2-7,10H2,1H3. The van der Waals surface area contributed by atoms with Gasteiger partial charge in [-0.25, -0.2) is 0 Å². The molecule has 0 aromatic rings. The van der Waals surface area contributed by atoms with Gasteiger partial charge < -0.3 is 10.5 Å². The maximum Gasteiger partial charge on any atom is 0.140 e. The minimum Gasteiger partial charge on any atom is -0.381 e. The smallest absolute Gasteiger partial charge is 0.140 e. The van der Waals surface area contributed by atoms with Crippen LogP contribution in [-0.4, -0.2) is 25.5 Å². The van der Waals surface area contributed by atoms with Crippen LogP contribution < -0.4 is 5.73 Å². The lowest BCUT2D eigenvalue weighted by Gasteiger charge is -2.31. The van der Waals surface area contributed by atoms with Crippen molar-refractivity contribution in [1.29, 1.82) is 0 Å². The highest BCUT2D eigenvalue weighted by molar-refractivity contribution is 5.84. The zero-order valence-corrected chi connectivity index (χ0v) is 7.64. The van der Waals surface area contributed by atoms with E-state index in [4.69, 9.17) is 10.5 Å². The van der Waals surface area contributed by atoms with E-state index >= 15 is 0 Å². The summed E-state index contributed by atoms with van der Waals surface area (Å²) in [4.78, 5) is 11.6. The second-order valence-electron chi connectivity index (χ2n) is 3.63. The van der Waals surface area contributed by atoms with Gasteiger partial charge in [0.1, 0.15) is 5.78 Å². The fourth-order valence-corrected chi connectivity index (χ4v) is 1.53.